The Morgan fingerprint density at radius 2 is 1.90 bits per heavy atom. The Morgan fingerprint density at radius 3 is 2.40 bits per heavy atom. The fourth-order valence-electron chi connectivity index (χ4n) is 2.27. The van der Waals surface area contributed by atoms with Gasteiger partial charge in [-0.1, -0.05) is 0 Å². The van der Waals surface area contributed by atoms with Gasteiger partial charge in [0.25, 0.3) is 0 Å². The molecule has 1 aliphatic rings. The molecular weight excluding hydrogens is 286 g/mol. The van der Waals surface area contributed by atoms with Gasteiger partial charge >= 0.3 is 11.9 Å². The predicted octanol–water partition coefficient (Wildman–Crippen LogP) is 0.456. The van der Waals surface area contributed by atoms with Crippen molar-refractivity contribution in [2.45, 2.75) is 32.1 Å². The number of methoxy groups -OCH3 is 1. The van der Waals surface area contributed by atoms with Crippen molar-refractivity contribution in [3.05, 3.63) is 0 Å². The summed E-state index contributed by atoms with van der Waals surface area (Å²) in [5.74, 6) is -1.29. The fraction of sp³-hybridized carbons (Fsp3) is 0.833. The van der Waals surface area contributed by atoms with Crippen LogP contribution in [0.2, 0.25) is 0 Å². The molecule has 1 N–H and O–H groups in total. The Balaban J connectivity index is 2.38. The van der Waals surface area contributed by atoms with Gasteiger partial charge in [0.1, 0.15) is 0 Å². The van der Waals surface area contributed by atoms with Gasteiger partial charge in [0.2, 0.25) is 10.0 Å². The Kier molecular flexibility index (Phi) is 6.41. The van der Waals surface area contributed by atoms with Crippen molar-refractivity contribution in [3.8, 4) is 0 Å². The van der Waals surface area contributed by atoms with Crippen molar-refractivity contribution in [2.75, 3.05) is 26.0 Å². The molecule has 0 amide bonds. The molecule has 0 saturated carbocycles. The Labute approximate surface area is 118 Å². The van der Waals surface area contributed by atoms with Crippen LogP contribution in [0, 0.1) is 5.92 Å². The first-order valence-corrected chi connectivity index (χ1v) is 8.22. The number of aliphatic carboxylic acids is 1. The molecule has 116 valence electrons. The highest BCUT2D eigenvalue weighted by Gasteiger charge is 2.28. The molecular formula is C12H21NO6S. The molecule has 0 radical (unpaired) electrons. The molecule has 0 bridgehead atoms. The Morgan fingerprint density at radius 1 is 1.30 bits per heavy atom. The van der Waals surface area contributed by atoms with Gasteiger partial charge in [0.15, 0.2) is 0 Å². The highest BCUT2D eigenvalue weighted by atomic mass is 32.2. The zero-order chi connectivity index (χ0) is 15.2. The molecule has 1 fully saturated rings. The molecule has 0 aromatic heterocycles. The summed E-state index contributed by atoms with van der Waals surface area (Å²) >= 11 is 0. The lowest BCUT2D eigenvalue weighted by Crippen LogP contribution is -2.40. The second-order valence-corrected chi connectivity index (χ2v) is 7.02. The van der Waals surface area contributed by atoms with Crippen LogP contribution >= 0.6 is 0 Å². The zero-order valence-electron chi connectivity index (χ0n) is 11.6. The van der Waals surface area contributed by atoms with Crippen LogP contribution in [0.4, 0.5) is 0 Å². The largest absolute Gasteiger partial charge is 0.481 e. The quantitative estimate of drug-likeness (QED) is 0.686. The molecule has 0 spiro atoms. The number of carbonyl (C=O) groups is 2. The minimum absolute atomic E-state index is 0.0500. The topological polar surface area (TPSA) is 101 Å². The summed E-state index contributed by atoms with van der Waals surface area (Å²) in [7, 11) is -2.09. The van der Waals surface area contributed by atoms with Gasteiger partial charge in [-0.3, -0.25) is 9.59 Å². The van der Waals surface area contributed by atoms with E-state index in [4.69, 9.17) is 5.11 Å². The van der Waals surface area contributed by atoms with E-state index < -0.39 is 22.0 Å². The molecule has 7 nitrogen and oxygen atoms in total. The molecule has 0 aromatic carbocycles. The lowest BCUT2D eigenvalue weighted by molar-refractivity contribution is -0.140. The number of ether oxygens (including phenoxy) is 1. The van der Waals surface area contributed by atoms with Crippen molar-refractivity contribution in [2.24, 2.45) is 5.92 Å². The van der Waals surface area contributed by atoms with Crippen LogP contribution in [-0.2, 0) is 24.3 Å². The third-order valence-corrected chi connectivity index (χ3v) is 5.40. The number of hydrogen-bond acceptors (Lipinski definition) is 5. The Bertz CT molecular complexity index is 439. The molecule has 1 aliphatic heterocycles. The first-order chi connectivity index (χ1) is 9.35. The van der Waals surface area contributed by atoms with Crippen molar-refractivity contribution in [3.63, 3.8) is 0 Å². The van der Waals surface area contributed by atoms with Crippen LogP contribution in [0.15, 0.2) is 0 Å². The number of esters is 1. The zero-order valence-corrected chi connectivity index (χ0v) is 12.4. The molecule has 8 heteroatoms. The van der Waals surface area contributed by atoms with E-state index in [1.165, 1.54) is 11.4 Å². The summed E-state index contributed by atoms with van der Waals surface area (Å²) in [4.78, 5) is 21.5. The van der Waals surface area contributed by atoms with Gasteiger partial charge < -0.3 is 9.84 Å². The maximum Gasteiger partial charge on any atom is 0.305 e. The van der Waals surface area contributed by atoms with Gasteiger partial charge in [0.05, 0.1) is 12.9 Å². The van der Waals surface area contributed by atoms with Gasteiger partial charge in [-0.05, 0) is 25.2 Å². The predicted molar refractivity (Wildman–Crippen MR) is 71.6 cm³/mol. The molecule has 0 aliphatic carbocycles. The standard InChI is InChI=1S/C12H21NO6S/c1-19-12(16)3-2-8-20(17,18)13-6-4-10(5-7-13)9-11(14)15/h10H,2-9H2,1H3,(H,14,15). The van der Waals surface area contributed by atoms with E-state index in [9.17, 15) is 18.0 Å². The fourth-order valence-corrected chi connectivity index (χ4v) is 3.80. The maximum atomic E-state index is 12.0. The minimum atomic E-state index is -3.36. The van der Waals surface area contributed by atoms with E-state index in [0.29, 0.717) is 25.9 Å². The van der Waals surface area contributed by atoms with Crippen LogP contribution < -0.4 is 0 Å². The normalized spacial score (nSPS) is 17.9. The van der Waals surface area contributed by atoms with Crippen LogP contribution in [0.25, 0.3) is 0 Å². The van der Waals surface area contributed by atoms with Gasteiger partial charge in [-0.15, -0.1) is 0 Å². The monoisotopic (exact) mass is 307 g/mol. The highest BCUT2D eigenvalue weighted by Crippen LogP contribution is 2.22. The number of carboxylic acids is 1. The van der Waals surface area contributed by atoms with E-state index in [1.54, 1.807) is 0 Å². The molecule has 1 heterocycles. The molecule has 0 aromatic rings. The van der Waals surface area contributed by atoms with Gasteiger partial charge in [-0.2, -0.15) is 0 Å². The summed E-state index contributed by atoms with van der Waals surface area (Å²) in [6.45, 7) is 0.719. The smallest absolute Gasteiger partial charge is 0.305 e. The summed E-state index contributed by atoms with van der Waals surface area (Å²) in [6.07, 6.45) is 1.57. The first kappa shape index (κ1) is 16.9. The van der Waals surface area contributed by atoms with Gasteiger partial charge in [-0.25, -0.2) is 12.7 Å². The number of carboxylic acid groups (broad SMARTS) is 1. The highest BCUT2D eigenvalue weighted by molar-refractivity contribution is 7.89. The van der Waals surface area contributed by atoms with Crippen LogP contribution in [0.1, 0.15) is 32.1 Å². The van der Waals surface area contributed by atoms with Crippen molar-refractivity contribution in [1.29, 1.82) is 0 Å². The summed E-state index contributed by atoms with van der Waals surface area (Å²) in [6, 6.07) is 0. The number of nitrogens with zero attached hydrogens (tertiary/aromatic N) is 1. The molecule has 1 rings (SSSR count). The SMILES string of the molecule is COC(=O)CCCS(=O)(=O)N1CCC(CC(=O)O)CC1. The Hall–Kier alpha value is -1.15. The summed E-state index contributed by atoms with van der Waals surface area (Å²) < 4.78 is 29.9. The third-order valence-electron chi connectivity index (χ3n) is 3.44. The number of piperidine rings is 1. The van der Waals surface area contributed by atoms with E-state index in [-0.39, 0.29) is 30.9 Å². The molecule has 0 unspecified atom stereocenters. The minimum Gasteiger partial charge on any atom is -0.481 e. The first-order valence-electron chi connectivity index (χ1n) is 6.61. The van der Waals surface area contributed by atoms with Crippen LogP contribution in [-0.4, -0.2) is 55.7 Å². The summed E-state index contributed by atoms with van der Waals surface area (Å²) in [5.41, 5.74) is 0. The van der Waals surface area contributed by atoms with E-state index in [0.717, 1.165) is 0 Å². The third kappa shape index (κ3) is 5.46. The number of rotatable bonds is 7. The lowest BCUT2D eigenvalue weighted by atomic mass is 9.95. The van der Waals surface area contributed by atoms with Crippen LogP contribution in [0.5, 0.6) is 0 Å². The van der Waals surface area contributed by atoms with E-state index >= 15 is 0 Å². The average Bonchev–Trinajstić information content (AvgIpc) is 2.38. The van der Waals surface area contributed by atoms with E-state index in [2.05, 4.69) is 4.74 Å². The van der Waals surface area contributed by atoms with E-state index in [1.807, 2.05) is 0 Å². The van der Waals surface area contributed by atoms with Gasteiger partial charge in [0, 0.05) is 25.9 Å². The summed E-state index contributed by atoms with van der Waals surface area (Å²) in [5, 5.41) is 8.71. The van der Waals surface area contributed by atoms with Crippen LogP contribution in [0.3, 0.4) is 0 Å². The van der Waals surface area contributed by atoms with Crippen molar-refractivity contribution >= 4 is 22.0 Å². The molecule has 1 saturated heterocycles. The molecule has 20 heavy (non-hydrogen) atoms. The number of carbonyl (C=O) groups excluding carboxylic acids is 1. The second kappa shape index (κ2) is 7.58. The van der Waals surface area contributed by atoms with Crippen molar-refractivity contribution in [1.82, 2.24) is 4.31 Å². The lowest BCUT2D eigenvalue weighted by Gasteiger charge is -2.30. The average molecular weight is 307 g/mol. The maximum absolute atomic E-state index is 12.0. The number of sulfonamides is 1. The molecule has 0 atom stereocenters. The second-order valence-electron chi connectivity index (χ2n) is 4.94. The number of hydrogen-bond donors (Lipinski definition) is 1. The van der Waals surface area contributed by atoms with Crippen molar-refractivity contribution < 1.29 is 27.9 Å².